The minimum atomic E-state index is -3.62. The summed E-state index contributed by atoms with van der Waals surface area (Å²) in [6.07, 6.45) is 3.30. The molecule has 1 unspecified atom stereocenters. The standard InChI is InChI=1S/C13H14ClN3O2S2/c1-8-7-20-13(16-8)12(9-2-3-9)17-21(18,19)10-4-5-11(14)15-6-10/h4-7,9,12,17H,2-3H2,1H3. The molecule has 0 spiro atoms. The van der Waals surface area contributed by atoms with Crippen LogP contribution in [0.3, 0.4) is 0 Å². The van der Waals surface area contributed by atoms with Crippen LogP contribution in [0.1, 0.15) is 29.6 Å². The fourth-order valence-electron chi connectivity index (χ4n) is 2.05. The largest absolute Gasteiger partial charge is 0.245 e. The summed E-state index contributed by atoms with van der Waals surface area (Å²) in [5, 5.41) is 3.02. The number of pyridine rings is 1. The van der Waals surface area contributed by atoms with E-state index >= 15 is 0 Å². The molecular weight excluding hydrogens is 330 g/mol. The zero-order valence-corrected chi connectivity index (χ0v) is 13.7. The van der Waals surface area contributed by atoms with Gasteiger partial charge in [-0.25, -0.2) is 23.1 Å². The van der Waals surface area contributed by atoms with Gasteiger partial charge < -0.3 is 0 Å². The van der Waals surface area contributed by atoms with Crippen LogP contribution in [0.25, 0.3) is 0 Å². The van der Waals surface area contributed by atoms with Crippen LogP contribution in [-0.4, -0.2) is 18.4 Å². The third-order valence-electron chi connectivity index (χ3n) is 3.29. The number of thiazole rings is 1. The lowest BCUT2D eigenvalue weighted by Gasteiger charge is -2.16. The highest BCUT2D eigenvalue weighted by Gasteiger charge is 2.37. The monoisotopic (exact) mass is 343 g/mol. The second kappa shape index (κ2) is 5.64. The quantitative estimate of drug-likeness (QED) is 0.847. The molecule has 1 aliphatic carbocycles. The highest BCUT2D eigenvalue weighted by Crippen LogP contribution is 2.42. The van der Waals surface area contributed by atoms with E-state index in [1.54, 1.807) is 0 Å². The summed E-state index contributed by atoms with van der Waals surface area (Å²) in [6.45, 7) is 1.90. The lowest BCUT2D eigenvalue weighted by Crippen LogP contribution is -2.30. The van der Waals surface area contributed by atoms with Crippen molar-refractivity contribution < 1.29 is 8.42 Å². The van der Waals surface area contributed by atoms with Gasteiger partial charge in [-0.2, -0.15) is 0 Å². The van der Waals surface area contributed by atoms with Crippen molar-refractivity contribution in [2.24, 2.45) is 5.92 Å². The SMILES string of the molecule is Cc1csc(C(NS(=O)(=O)c2ccc(Cl)nc2)C2CC2)n1. The van der Waals surface area contributed by atoms with Crippen LogP contribution in [0.2, 0.25) is 5.15 Å². The Bertz CT molecular complexity index is 739. The first kappa shape index (κ1) is 14.9. The maximum absolute atomic E-state index is 12.4. The number of hydrogen-bond donors (Lipinski definition) is 1. The molecule has 2 aromatic rings. The van der Waals surface area contributed by atoms with E-state index in [2.05, 4.69) is 14.7 Å². The first-order chi connectivity index (χ1) is 9.95. The van der Waals surface area contributed by atoms with Crippen molar-refractivity contribution in [3.8, 4) is 0 Å². The van der Waals surface area contributed by atoms with Gasteiger partial charge in [-0.15, -0.1) is 11.3 Å². The summed E-state index contributed by atoms with van der Waals surface area (Å²) >= 11 is 7.18. The molecular formula is C13H14ClN3O2S2. The molecule has 112 valence electrons. The number of nitrogens with zero attached hydrogens (tertiary/aromatic N) is 2. The summed E-state index contributed by atoms with van der Waals surface area (Å²) in [6, 6.07) is 2.66. The Balaban J connectivity index is 1.87. The second-order valence-corrected chi connectivity index (χ2v) is 8.07. The normalized spacial score (nSPS) is 16.9. The van der Waals surface area contributed by atoms with Gasteiger partial charge in [0.2, 0.25) is 10.0 Å². The van der Waals surface area contributed by atoms with Crippen LogP contribution in [-0.2, 0) is 10.0 Å². The van der Waals surface area contributed by atoms with Gasteiger partial charge in [0, 0.05) is 17.3 Å². The molecule has 0 aliphatic heterocycles. The van der Waals surface area contributed by atoms with Crippen LogP contribution < -0.4 is 4.72 Å². The molecule has 1 atom stereocenters. The van der Waals surface area contributed by atoms with Crippen molar-refractivity contribution in [3.63, 3.8) is 0 Å². The molecule has 21 heavy (non-hydrogen) atoms. The van der Waals surface area contributed by atoms with Crippen molar-refractivity contribution in [2.45, 2.75) is 30.7 Å². The minimum Gasteiger partial charge on any atom is -0.245 e. The predicted octanol–water partition coefficient (Wildman–Crippen LogP) is 2.93. The first-order valence-corrected chi connectivity index (χ1v) is 9.26. The summed E-state index contributed by atoms with van der Waals surface area (Å²) < 4.78 is 27.7. The number of rotatable bonds is 5. The van der Waals surface area contributed by atoms with Gasteiger partial charge in [-0.1, -0.05) is 11.6 Å². The minimum absolute atomic E-state index is 0.117. The van der Waals surface area contributed by atoms with E-state index in [4.69, 9.17) is 11.6 Å². The van der Waals surface area contributed by atoms with Crippen molar-refractivity contribution in [2.75, 3.05) is 0 Å². The lowest BCUT2D eigenvalue weighted by atomic mass is 10.2. The van der Waals surface area contributed by atoms with Crippen LogP contribution >= 0.6 is 22.9 Å². The highest BCUT2D eigenvalue weighted by atomic mass is 35.5. The first-order valence-electron chi connectivity index (χ1n) is 6.51. The molecule has 0 radical (unpaired) electrons. The maximum Gasteiger partial charge on any atom is 0.242 e. The van der Waals surface area contributed by atoms with E-state index in [0.717, 1.165) is 23.5 Å². The van der Waals surface area contributed by atoms with Crippen molar-refractivity contribution in [3.05, 3.63) is 39.6 Å². The third kappa shape index (κ3) is 3.42. The average Bonchev–Trinajstić information content (AvgIpc) is 3.19. The number of aryl methyl sites for hydroxylation is 1. The highest BCUT2D eigenvalue weighted by molar-refractivity contribution is 7.89. The zero-order chi connectivity index (χ0) is 15.0. The average molecular weight is 344 g/mol. The number of halogens is 1. The van der Waals surface area contributed by atoms with E-state index in [1.807, 2.05) is 12.3 Å². The molecule has 1 fully saturated rings. The van der Waals surface area contributed by atoms with Gasteiger partial charge in [0.05, 0.1) is 6.04 Å². The van der Waals surface area contributed by atoms with Gasteiger partial charge in [0.1, 0.15) is 15.1 Å². The zero-order valence-electron chi connectivity index (χ0n) is 11.3. The van der Waals surface area contributed by atoms with E-state index < -0.39 is 10.0 Å². The predicted molar refractivity (Wildman–Crippen MR) is 81.9 cm³/mol. The topological polar surface area (TPSA) is 72.0 Å². The fourth-order valence-corrected chi connectivity index (χ4v) is 4.39. The Kier molecular flexibility index (Phi) is 4.00. The Morgan fingerprint density at radius 1 is 1.43 bits per heavy atom. The fraction of sp³-hybridized carbons (Fsp3) is 0.385. The molecule has 8 heteroatoms. The molecule has 5 nitrogen and oxygen atoms in total. The van der Waals surface area contributed by atoms with E-state index in [-0.39, 0.29) is 16.1 Å². The molecule has 2 aromatic heterocycles. The molecule has 0 amide bonds. The Morgan fingerprint density at radius 2 is 2.19 bits per heavy atom. The molecule has 1 aliphatic rings. The van der Waals surface area contributed by atoms with Gasteiger partial charge in [-0.05, 0) is 37.8 Å². The smallest absolute Gasteiger partial charge is 0.242 e. The Labute approximate surface area is 132 Å². The van der Waals surface area contributed by atoms with Crippen LogP contribution in [0.4, 0.5) is 0 Å². The Hall–Kier alpha value is -1.02. The molecule has 0 bridgehead atoms. The van der Waals surface area contributed by atoms with E-state index in [0.29, 0.717) is 5.92 Å². The molecule has 1 saturated carbocycles. The van der Waals surface area contributed by atoms with Crippen molar-refractivity contribution in [1.29, 1.82) is 0 Å². The maximum atomic E-state index is 12.4. The second-order valence-electron chi connectivity index (χ2n) is 5.08. The molecule has 3 rings (SSSR count). The summed E-state index contributed by atoms with van der Waals surface area (Å²) in [5.74, 6) is 0.325. The van der Waals surface area contributed by atoms with Crippen LogP contribution in [0, 0.1) is 12.8 Å². The molecule has 0 saturated heterocycles. The summed E-state index contributed by atoms with van der Waals surface area (Å²) in [4.78, 5) is 8.36. The molecule has 1 N–H and O–H groups in total. The molecule has 2 heterocycles. The molecule has 0 aromatic carbocycles. The van der Waals surface area contributed by atoms with Crippen molar-refractivity contribution in [1.82, 2.24) is 14.7 Å². The number of aromatic nitrogens is 2. The number of nitrogens with one attached hydrogen (secondary N) is 1. The third-order valence-corrected chi connectivity index (χ3v) is 5.98. The number of hydrogen-bond acceptors (Lipinski definition) is 5. The van der Waals surface area contributed by atoms with Crippen LogP contribution in [0.5, 0.6) is 0 Å². The van der Waals surface area contributed by atoms with Gasteiger partial charge in [0.25, 0.3) is 0 Å². The van der Waals surface area contributed by atoms with Crippen molar-refractivity contribution >= 4 is 33.0 Å². The van der Waals surface area contributed by atoms with E-state index in [1.165, 1.54) is 29.7 Å². The van der Waals surface area contributed by atoms with Crippen LogP contribution in [0.15, 0.2) is 28.6 Å². The Morgan fingerprint density at radius 3 is 2.71 bits per heavy atom. The summed E-state index contributed by atoms with van der Waals surface area (Å²) in [5.41, 5.74) is 0.910. The summed E-state index contributed by atoms with van der Waals surface area (Å²) in [7, 11) is -3.62. The van der Waals surface area contributed by atoms with Gasteiger partial charge in [-0.3, -0.25) is 0 Å². The van der Waals surface area contributed by atoms with Gasteiger partial charge >= 0.3 is 0 Å². The van der Waals surface area contributed by atoms with Gasteiger partial charge in [0.15, 0.2) is 0 Å². The lowest BCUT2D eigenvalue weighted by molar-refractivity contribution is 0.527. The van der Waals surface area contributed by atoms with E-state index in [9.17, 15) is 8.42 Å². The number of sulfonamides is 1.